The van der Waals surface area contributed by atoms with E-state index in [1.165, 1.54) is 13.0 Å². The molecule has 2 aromatic heterocycles. The van der Waals surface area contributed by atoms with Crippen molar-refractivity contribution in [2.24, 2.45) is 5.73 Å². The number of amides is 2. The van der Waals surface area contributed by atoms with E-state index in [0.29, 0.717) is 16.5 Å². The van der Waals surface area contributed by atoms with Crippen LogP contribution in [0, 0.1) is 6.92 Å². The lowest BCUT2D eigenvalue weighted by Crippen LogP contribution is -2.30. The number of esters is 1. The number of nitrogens with one attached hydrogen (secondary N) is 1. The van der Waals surface area contributed by atoms with Crippen molar-refractivity contribution in [1.29, 1.82) is 0 Å². The first kappa shape index (κ1) is 18.7. The molecule has 2 rings (SSSR count). The number of rotatable bonds is 6. The Bertz CT molecular complexity index is 809. The van der Waals surface area contributed by atoms with Crippen molar-refractivity contribution >= 4 is 34.1 Å². The molecule has 0 saturated heterocycles. The predicted octanol–water partition coefficient (Wildman–Crippen LogP) is 2.45. The van der Waals surface area contributed by atoms with E-state index in [0.717, 1.165) is 11.3 Å². The van der Waals surface area contributed by atoms with Crippen LogP contribution >= 0.6 is 11.3 Å². The number of aromatic nitrogens is 1. The molecule has 2 aromatic rings. The van der Waals surface area contributed by atoms with Crippen LogP contribution in [0.15, 0.2) is 16.0 Å². The minimum Gasteiger partial charge on any atom is -0.449 e. The standard InChI is InChI=1S/C16H19N3O5S/c1-7(2)12-11(8(3)19-24-12)16(22)23-9(4)14(21)18-15-10(13(17)20)5-6-25-15/h5-7,9H,1-4H3,(H2,17,20)(H,18,21)/t9-/m0/s1. The van der Waals surface area contributed by atoms with Crippen molar-refractivity contribution in [3.8, 4) is 0 Å². The van der Waals surface area contributed by atoms with E-state index in [4.69, 9.17) is 15.0 Å². The van der Waals surface area contributed by atoms with Crippen molar-refractivity contribution in [3.63, 3.8) is 0 Å². The van der Waals surface area contributed by atoms with Gasteiger partial charge in [-0.2, -0.15) is 0 Å². The van der Waals surface area contributed by atoms with Gasteiger partial charge in [0, 0.05) is 5.92 Å². The number of thiophene rings is 1. The van der Waals surface area contributed by atoms with Crippen LogP contribution in [-0.4, -0.2) is 29.0 Å². The van der Waals surface area contributed by atoms with Gasteiger partial charge in [0.05, 0.1) is 11.3 Å². The summed E-state index contributed by atoms with van der Waals surface area (Å²) in [4.78, 5) is 35.9. The highest BCUT2D eigenvalue weighted by molar-refractivity contribution is 7.14. The van der Waals surface area contributed by atoms with Gasteiger partial charge < -0.3 is 20.3 Å². The Hall–Kier alpha value is -2.68. The first-order chi connectivity index (χ1) is 11.7. The zero-order chi connectivity index (χ0) is 18.7. The Morgan fingerprint density at radius 1 is 1.32 bits per heavy atom. The summed E-state index contributed by atoms with van der Waals surface area (Å²) in [7, 11) is 0. The second-order valence-electron chi connectivity index (χ2n) is 5.73. The van der Waals surface area contributed by atoms with Gasteiger partial charge >= 0.3 is 5.97 Å². The van der Waals surface area contributed by atoms with Gasteiger partial charge in [0.2, 0.25) is 0 Å². The first-order valence-electron chi connectivity index (χ1n) is 7.57. The minimum absolute atomic E-state index is 0.0582. The summed E-state index contributed by atoms with van der Waals surface area (Å²) < 4.78 is 10.4. The molecular formula is C16H19N3O5S. The van der Waals surface area contributed by atoms with Crippen LogP contribution in [0.3, 0.4) is 0 Å². The number of primary amides is 1. The number of nitrogens with two attached hydrogens (primary N) is 1. The van der Waals surface area contributed by atoms with Gasteiger partial charge in [-0.3, -0.25) is 9.59 Å². The summed E-state index contributed by atoms with van der Waals surface area (Å²) in [5.74, 6) is -1.56. The summed E-state index contributed by atoms with van der Waals surface area (Å²) in [5.41, 5.74) is 6.06. The number of aryl methyl sites for hydroxylation is 1. The van der Waals surface area contributed by atoms with Crippen molar-refractivity contribution in [2.45, 2.75) is 39.7 Å². The smallest absolute Gasteiger partial charge is 0.344 e. The van der Waals surface area contributed by atoms with Gasteiger partial charge in [0.15, 0.2) is 11.9 Å². The fourth-order valence-electron chi connectivity index (χ4n) is 2.12. The normalized spacial score (nSPS) is 12.0. The number of ether oxygens (including phenoxy) is 1. The van der Waals surface area contributed by atoms with Gasteiger partial charge in [-0.05, 0) is 25.3 Å². The largest absolute Gasteiger partial charge is 0.449 e. The fourth-order valence-corrected chi connectivity index (χ4v) is 2.91. The Morgan fingerprint density at radius 3 is 2.60 bits per heavy atom. The molecule has 1 atom stereocenters. The third kappa shape index (κ3) is 4.05. The zero-order valence-corrected chi connectivity index (χ0v) is 15.1. The summed E-state index contributed by atoms with van der Waals surface area (Å²) >= 11 is 1.15. The van der Waals surface area contributed by atoms with E-state index in [-0.39, 0.29) is 17.0 Å². The van der Waals surface area contributed by atoms with E-state index in [2.05, 4.69) is 10.5 Å². The topological polar surface area (TPSA) is 125 Å². The molecule has 0 bridgehead atoms. The van der Waals surface area contributed by atoms with Crippen LogP contribution in [0.4, 0.5) is 5.00 Å². The van der Waals surface area contributed by atoms with Gasteiger partial charge in [-0.15, -0.1) is 11.3 Å². The second kappa shape index (κ2) is 7.47. The molecule has 2 heterocycles. The summed E-state index contributed by atoms with van der Waals surface area (Å²) in [6, 6.07) is 1.51. The van der Waals surface area contributed by atoms with Crippen LogP contribution in [0.25, 0.3) is 0 Å². The van der Waals surface area contributed by atoms with Crippen molar-refractivity contribution in [2.75, 3.05) is 5.32 Å². The molecule has 0 unspecified atom stereocenters. The number of hydrogen-bond donors (Lipinski definition) is 2. The number of anilines is 1. The average Bonchev–Trinajstić information content (AvgIpc) is 3.13. The fraction of sp³-hybridized carbons (Fsp3) is 0.375. The molecule has 8 nitrogen and oxygen atoms in total. The molecule has 9 heteroatoms. The Balaban J connectivity index is 2.09. The molecular weight excluding hydrogens is 346 g/mol. The number of carbonyl (C=O) groups excluding carboxylic acids is 3. The van der Waals surface area contributed by atoms with Crippen LogP contribution in [0.1, 0.15) is 58.9 Å². The monoisotopic (exact) mass is 365 g/mol. The third-order valence-electron chi connectivity index (χ3n) is 3.44. The summed E-state index contributed by atoms with van der Waals surface area (Å²) in [5, 5.41) is 8.25. The molecule has 0 fully saturated rings. The van der Waals surface area contributed by atoms with E-state index < -0.39 is 23.9 Å². The van der Waals surface area contributed by atoms with E-state index in [1.807, 2.05) is 13.8 Å². The Kier molecular flexibility index (Phi) is 5.58. The molecule has 25 heavy (non-hydrogen) atoms. The number of hydrogen-bond acceptors (Lipinski definition) is 7. The summed E-state index contributed by atoms with van der Waals surface area (Å²) in [6.07, 6.45) is -1.08. The lowest BCUT2D eigenvalue weighted by atomic mass is 10.1. The SMILES string of the molecule is Cc1noc(C(C)C)c1C(=O)O[C@@H](C)C(=O)Nc1sccc1C(N)=O. The number of carbonyl (C=O) groups is 3. The van der Waals surface area contributed by atoms with Crippen LogP contribution < -0.4 is 11.1 Å². The third-order valence-corrected chi connectivity index (χ3v) is 4.27. The molecule has 0 saturated carbocycles. The second-order valence-corrected chi connectivity index (χ2v) is 6.64. The highest BCUT2D eigenvalue weighted by atomic mass is 32.1. The van der Waals surface area contributed by atoms with Gasteiger partial charge in [-0.1, -0.05) is 19.0 Å². The van der Waals surface area contributed by atoms with E-state index in [9.17, 15) is 14.4 Å². The van der Waals surface area contributed by atoms with Crippen molar-refractivity contribution in [3.05, 3.63) is 34.0 Å². The van der Waals surface area contributed by atoms with Crippen molar-refractivity contribution < 1.29 is 23.6 Å². The van der Waals surface area contributed by atoms with Crippen LogP contribution in [0.2, 0.25) is 0 Å². The highest BCUT2D eigenvalue weighted by Gasteiger charge is 2.27. The van der Waals surface area contributed by atoms with Crippen LogP contribution in [-0.2, 0) is 9.53 Å². The van der Waals surface area contributed by atoms with Gasteiger partial charge in [0.1, 0.15) is 10.6 Å². The minimum atomic E-state index is -1.08. The Morgan fingerprint density at radius 2 is 2.00 bits per heavy atom. The first-order valence-corrected chi connectivity index (χ1v) is 8.45. The maximum Gasteiger partial charge on any atom is 0.344 e. The quantitative estimate of drug-likeness (QED) is 0.758. The molecule has 3 N–H and O–H groups in total. The molecule has 0 radical (unpaired) electrons. The highest BCUT2D eigenvalue weighted by Crippen LogP contribution is 2.25. The lowest BCUT2D eigenvalue weighted by Gasteiger charge is -2.13. The predicted molar refractivity (Wildman–Crippen MR) is 91.7 cm³/mol. The van der Waals surface area contributed by atoms with E-state index in [1.54, 1.807) is 12.3 Å². The molecule has 0 aromatic carbocycles. The van der Waals surface area contributed by atoms with Crippen LogP contribution in [0.5, 0.6) is 0 Å². The van der Waals surface area contributed by atoms with Gasteiger partial charge in [-0.25, -0.2) is 4.79 Å². The van der Waals surface area contributed by atoms with Gasteiger partial charge in [0.25, 0.3) is 11.8 Å². The molecule has 0 aliphatic rings. The molecule has 0 spiro atoms. The molecule has 0 aliphatic heterocycles. The molecule has 134 valence electrons. The maximum absolute atomic E-state index is 12.4. The summed E-state index contributed by atoms with van der Waals surface area (Å²) in [6.45, 7) is 6.77. The molecule has 2 amide bonds. The van der Waals surface area contributed by atoms with E-state index >= 15 is 0 Å². The maximum atomic E-state index is 12.4. The van der Waals surface area contributed by atoms with Crippen molar-refractivity contribution in [1.82, 2.24) is 5.16 Å². The average molecular weight is 365 g/mol. The Labute approximate surface area is 148 Å². The zero-order valence-electron chi connectivity index (χ0n) is 14.3. The lowest BCUT2D eigenvalue weighted by molar-refractivity contribution is -0.123. The molecule has 0 aliphatic carbocycles. The number of nitrogens with zero attached hydrogens (tertiary/aromatic N) is 1.